The molecule has 1 unspecified atom stereocenters. The van der Waals surface area contributed by atoms with Crippen LogP contribution in [0.2, 0.25) is 0 Å². The Labute approximate surface area is 154 Å². The van der Waals surface area contributed by atoms with E-state index in [-0.39, 0.29) is 34.6 Å². The molecular weight excluding hydrogens is 360 g/mol. The van der Waals surface area contributed by atoms with Crippen molar-refractivity contribution in [3.8, 4) is 5.75 Å². The van der Waals surface area contributed by atoms with E-state index in [1.807, 2.05) is 13.8 Å². The Kier molecular flexibility index (Phi) is 7.58. The van der Waals surface area contributed by atoms with Gasteiger partial charge in [0.2, 0.25) is 10.0 Å². The molecule has 1 aromatic carbocycles. The molecule has 3 N–H and O–H groups in total. The molecule has 0 aliphatic carbocycles. The minimum Gasteiger partial charge on any atom is -0.495 e. The van der Waals surface area contributed by atoms with Gasteiger partial charge in [0.25, 0.3) is 5.91 Å². The third-order valence-electron chi connectivity index (χ3n) is 3.42. The van der Waals surface area contributed by atoms with Gasteiger partial charge in [-0.2, -0.15) is 0 Å². The van der Waals surface area contributed by atoms with Crippen molar-refractivity contribution in [2.24, 2.45) is 5.92 Å². The Morgan fingerprint density at radius 2 is 1.81 bits per heavy atom. The predicted molar refractivity (Wildman–Crippen MR) is 96.8 cm³/mol. The summed E-state index contributed by atoms with van der Waals surface area (Å²) in [6, 6.07) is 2.52. The van der Waals surface area contributed by atoms with Crippen molar-refractivity contribution in [1.29, 1.82) is 0 Å². The van der Waals surface area contributed by atoms with E-state index in [9.17, 15) is 23.1 Å². The second-order valence-corrected chi connectivity index (χ2v) is 8.32. The number of aliphatic carboxylic acids is 1. The van der Waals surface area contributed by atoms with Crippen LogP contribution in [0.1, 0.15) is 44.5 Å². The molecule has 0 aliphatic heterocycles. The molecule has 26 heavy (non-hydrogen) atoms. The van der Waals surface area contributed by atoms with Gasteiger partial charge in [-0.25, -0.2) is 17.9 Å². The first-order valence-electron chi connectivity index (χ1n) is 8.22. The van der Waals surface area contributed by atoms with E-state index in [1.54, 1.807) is 13.8 Å². The third kappa shape index (κ3) is 5.99. The molecule has 0 radical (unpaired) electrons. The Bertz CT molecular complexity index is 759. The minimum atomic E-state index is -3.89. The van der Waals surface area contributed by atoms with Gasteiger partial charge < -0.3 is 15.2 Å². The molecule has 0 fully saturated rings. The lowest BCUT2D eigenvalue weighted by atomic mass is 10.0. The Morgan fingerprint density at radius 1 is 1.19 bits per heavy atom. The molecule has 0 bridgehead atoms. The van der Waals surface area contributed by atoms with Crippen molar-refractivity contribution in [3.05, 3.63) is 23.8 Å². The van der Waals surface area contributed by atoms with Gasteiger partial charge in [0.15, 0.2) is 0 Å². The maximum absolute atomic E-state index is 12.5. The Balaban J connectivity index is 3.20. The molecule has 0 saturated heterocycles. The largest absolute Gasteiger partial charge is 0.495 e. The van der Waals surface area contributed by atoms with Crippen LogP contribution in [-0.4, -0.2) is 44.6 Å². The summed E-state index contributed by atoms with van der Waals surface area (Å²) >= 11 is 0. The lowest BCUT2D eigenvalue weighted by Crippen LogP contribution is -2.41. The standard InChI is InChI=1S/C17H26N2O6S/c1-10(2)8-13(17(21)22)18-16(20)12-6-7-14(25-5)15(9-12)26(23,24)19-11(3)4/h6-7,9-11,13,19H,8H2,1-5H3,(H,18,20)(H,21,22). The number of carboxylic acids is 1. The maximum atomic E-state index is 12.5. The van der Waals surface area contributed by atoms with E-state index < -0.39 is 27.9 Å². The summed E-state index contributed by atoms with van der Waals surface area (Å²) in [5.41, 5.74) is 0.0323. The van der Waals surface area contributed by atoms with Crippen LogP contribution >= 0.6 is 0 Å². The number of rotatable bonds is 9. The summed E-state index contributed by atoms with van der Waals surface area (Å²) in [4.78, 5) is 23.5. The molecular formula is C17H26N2O6S. The van der Waals surface area contributed by atoms with Crippen LogP contribution in [-0.2, 0) is 14.8 Å². The molecule has 1 amide bonds. The van der Waals surface area contributed by atoms with Crippen LogP contribution in [0.15, 0.2) is 23.1 Å². The highest BCUT2D eigenvalue weighted by molar-refractivity contribution is 7.89. The van der Waals surface area contributed by atoms with Crippen LogP contribution < -0.4 is 14.8 Å². The number of ether oxygens (including phenoxy) is 1. The van der Waals surface area contributed by atoms with E-state index in [4.69, 9.17) is 4.74 Å². The second kappa shape index (κ2) is 9.00. The lowest BCUT2D eigenvalue weighted by Gasteiger charge is -2.17. The summed E-state index contributed by atoms with van der Waals surface area (Å²) in [6.07, 6.45) is 0.261. The van der Waals surface area contributed by atoms with Crippen molar-refractivity contribution < 1.29 is 27.9 Å². The minimum absolute atomic E-state index is 0.0323. The fourth-order valence-electron chi connectivity index (χ4n) is 2.34. The molecule has 1 rings (SSSR count). The number of nitrogens with one attached hydrogen (secondary N) is 2. The monoisotopic (exact) mass is 386 g/mol. The first kappa shape index (κ1) is 21.9. The summed E-state index contributed by atoms with van der Waals surface area (Å²) in [5.74, 6) is -1.65. The average molecular weight is 386 g/mol. The average Bonchev–Trinajstić information content (AvgIpc) is 2.51. The van der Waals surface area contributed by atoms with Crippen molar-refractivity contribution in [1.82, 2.24) is 10.0 Å². The van der Waals surface area contributed by atoms with Crippen LogP contribution in [0.5, 0.6) is 5.75 Å². The molecule has 8 nitrogen and oxygen atoms in total. The number of sulfonamides is 1. The van der Waals surface area contributed by atoms with Crippen molar-refractivity contribution in [2.45, 2.75) is 51.1 Å². The first-order valence-corrected chi connectivity index (χ1v) is 9.70. The highest BCUT2D eigenvalue weighted by Crippen LogP contribution is 2.25. The van der Waals surface area contributed by atoms with E-state index in [2.05, 4.69) is 10.0 Å². The molecule has 9 heteroatoms. The van der Waals surface area contributed by atoms with Crippen molar-refractivity contribution in [3.63, 3.8) is 0 Å². The fourth-order valence-corrected chi connectivity index (χ4v) is 3.78. The number of carbonyl (C=O) groups is 2. The number of methoxy groups -OCH3 is 1. The smallest absolute Gasteiger partial charge is 0.326 e. The van der Waals surface area contributed by atoms with E-state index in [1.165, 1.54) is 25.3 Å². The molecule has 146 valence electrons. The van der Waals surface area contributed by atoms with E-state index >= 15 is 0 Å². The molecule has 1 atom stereocenters. The molecule has 0 heterocycles. The van der Waals surface area contributed by atoms with Gasteiger partial charge in [0.05, 0.1) is 7.11 Å². The van der Waals surface area contributed by atoms with Crippen LogP contribution in [0, 0.1) is 5.92 Å². The zero-order chi connectivity index (χ0) is 20.1. The fraction of sp³-hybridized carbons (Fsp3) is 0.529. The lowest BCUT2D eigenvalue weighted by molar-refractivity contribution is -0.139. The van der Waals surface area contributed by atoms with E-state index in [0.717, 1.165) is 0 Å². The van der Waals surface area contributed by atoms with E-state index in [0.29, 0.717) is 0 Å². The van der Waals surface area contributed by atoms with Gasteiger partial charge in [0.1, 0.15) is 16.7 Å². The molecule has 0 saturated carbocycles. The molecule has 0 spiro atoms. The predicted octanol–water partition coefficient (Wildman–Crippen LogP) is 1.61. The maximum Gasteiger partial charge on any atom is 0.326 e. The van der Waals surface area contributed by atoms with Gasteiger partial charge in [-0.3, -0.25) is 4.79 Å². The van der Waals surface area contributed by atoms with Crippen molar-refractivity contribution >= 4 is 21.9 Å². The van der Waals surface area contributed by atoms with Gasteiger partial charge in [-0.15, -0.1) is 0 Å². The zero-order valence-electron chi connectivity index (χ0n) is 15.6. The van der Waals surface area contributed by atoms with Crippen LogP contribution in [0.3, 0.4) is 0 Å². The van der Waals surface area contributed by atoms with Crippen LogP contribution in [0.4, 0.5) is 0 Å². The number of hydrogen-bond acceptors (Lipinski definition) is 5. The number of benzene rings is 1. The Morgan fingerprint density at radius 3 is 2.27 bits per heavy atom. The highest BCUT2D eigenvalue weighted by Gasteiger charge is 2.25. The summed E-state index contributed by atoms with van der Waals surface area (Å²) < 4.78 is 32.4. The second-order valence-electron chi connectivity index (χ2n) is 6.64. The SMILES string of the molecule is COc1ccc(C(=O)NC(CC(C)C)C(=O)O)cc1S(=O)(=O)NC(C)C. The van der Waals surface area contributed by atoms with Gasteiger partial charge in [0, 0.05) is 11.6 Å². The van der Waals surface area contributed by atoms with Gasteiger partial charge in [-0.05, 0) is 44.4 Å². The molecule has 0 aliphatic rings. The molecule has 0 aromatic heterocycles. The van der Waals surface area contributed by atoms with Gasteiger partial charge >= 0.3 is 5.97 Å². The topological polar surface area (TPSA) is 122 Å². The highest BCUT2D eigenvalue weighted by atomic mass is 32.2. The molecule has 1 aromatic rings. The number of carbonyl (C=O) groups excluding carboxylic acids is 1. The number of hydrogen-bond donors (Lipinski definition) is 3. The summed E-state index contributed by atoms with van der Waals surface area (Å²) in [7, 11) is -2.57. The zero-order valence-corrected chi connectivity index (χ0v) is 16.4. The van der Waals surface area contributed by atoms with Crippen LogP contribution in [0.25, 0.3) is 0 Å². The third-order valence-corrected chi connectivity index (χ3v) is 5.10. The number of carboxylic acid groups (broad SMARTS) is 1. The number of amides is 1. The summed E-state index contributed by atoms with van der Waals surface area (Å²) in [6.45, 7) is 7.03. The first-order chi connectivity index (χ1) is 12.0. The summed E-state index contributed by atoms with van der Waals surface area (Å²) in [5, 5.41) is 11.7. The normalized spacial score (nSPS) is 12.9. The Hall–Kier alpha value is -2.13. The van der Waals surface area contributed by atoms with Gasteiger partial charge in [-0.1, -0.05) is 13.8 Å². The van der Waals surface area contributed by atoms with Crippen molar-refractivity contribution in [2.75, 3.05) is 7.11 Å². The quantitative estimate of drug-likeness (QED) is 0.593.